The fraction of sp³-hybridized carbons (Fsp3) is 0.500. The lowest BCUT2D eigenvalue weighted by atomic mass is 9.62. The molecule has 0 saturated heterocycles. The molecule has 0 radical (unpaired) electrons. The molecule has 3 rings (SSSR count). The van der Waals surface area contributed by atoms with Crippen LogP contribution in [0.15, 0.2) is 18.2 Å². The SMILES string of the molecule is CC1C(N)C2Cc3cc(F)ccc3C12. The van der Waals surface area contributed by atoms with Crippen LogP contribution in [0.2, 0.25) is 0 Å². The van der Waals surface area contributed by atoms with Crippen LogP contribution in [-0.2, 0) is 6.42 Å². The zero-order chi connectivity index (χ0) is 9.87. The van der Waals surface area contributed by atoms with Crippen LogP contribution in [0.5, 0.6) is 0 Å². The molecule has 1 aromatic carbocycles. The molecule has 2 aliphatic carbocycles. The number of halogens is 1. The first-order chi connectivity index (χ1) is 6.68. The highest BCUT2D eigenvalue weighted by Crippen LogP contribution is 2.53. The summed E-state index contributed by atoms with van der Waals surface area (Å²) in [5.41, 5.74) is 8.55. The van der Waals surface area contributed by atoms with Crippen molar-refractivity contribution in [2.24, 2.45) is 17.6 Å². The average molecular weight is 191 g/mol. The topological polar surface area (TPSA) is 26.0 Å². The molecule has 2 heteroatoms. The zero-order valence-corrected chi connectivity index (χ0v) is 8.20. The Morgan fingerprint density at radius 3 is 3.00 bits per heavy atom. The molecule has 0 bridgehead atoms. The Bertz CT molecular complexity index is 388. The summed E-state index contributed by atoms with van der Waals surface area (Å²) in [5.74, 6) is 1.61. The summed E-state index contributed by atoms with van der Waals surface area (Å²) in [6, 6.07) is 5.50. The largest absolute Gasteiger partial charge is 0.327 e. The highest BCUT2D eigenvalue weighted by Gasteiger charge is 2.50. The van der Waals surface area contributed by atoms with Gasteiger partial charge < -0.3 is 5.73 Å². The summed E-state index contributed by atoms with van der Waals surface area (Å²) < 4.78 is 13.0. The fourth-order valence-electron chi connectivity index (χ4n) is 3.22. The molecule has 1 fully saturated rings. The molecule has 1 saturated carbocycles. The summed E-state index contributed by atoms with van der Waals surface area (Å²) in [6.45, 7) is 2.20. The van der Waals surface area contributed by atoms with Gasteiger partial charge in [0.15, 0.2) is 0 Å². The second-order valence-electron chi connectivity index (χ2n) is 4.67. The van der Waals surface area contributed by atoms with Gasteiger partial charge in [-0.1, -0.05) is 13.0 Å². The number of nitrogens with two attached hydrogens (primary N) is 1. The van der Waals surface area contributed by atoms with E-state index in [9.17, 15) is 4.39 Å². The van der Waals surface area contributed by atoms with E-state index < -0.39 is 0 Å². The van der Waals surface area contributed by atoms with Gasteiger partial charge in [0.05, 0.1) is 0 Å². The predicted octanol–water partition coefficient (Wildman–Crippen LogP) is 2.06. The standard InChI is InChI=1S/C12H14FN/c1-6-11-9-3-2-8(13)4-7(9)5-10(11)12(6)14/h2-4,6,10-12H,5,14H2,1H3. The Morgan fingerprint density at radius 1 is 1.43 bits per heavy atom. The molecule has 0 amide bonds. The monoisotopic (exact) mass is 191 g/mol. The molecular formula is C12H14FN. The van der Waals surface area contributed by atoms with Crippen LogP contribution in [0, 0.1) is 17.7 Å². The summed E-state index contributed by atoms with van der Waals surface area (Å²) in [6.07, 6.45) is 0.975. The van der Waals surface area contributed by atoms with Gasteiger partial charge >= 0.3 is 0 Å². The second kappa shape index (κ2) is 2.57. The predicted molar refractivity (Wildman–Crippen MR) is 53.5 cm³/mol. The van der Waals surface area contributed by atoms with Gasteiger partial charge in [-0.05, 0) is 47.4 Å². The number of fused-ring (bicyclic) bond motifs is 3. The van der Waals surface area contributed by atoms with E-state index >= 15 is 0 Å². The maximum absolute atomic E-state index is 13.0. The van der Waals surface area contributed by atoms with Crippen molar-refractivity contribution in [3.63, 3.8) is 0 Å². The number of rotatable bonds is 0. The van der Waals surface area contributed by atoms with Crippen molar-refractivity contribution in [1.29, 1.82) is 0 Å². The van der Waals surface area contributed by atoms with E-state index in [0.717, 1.165) is 6.42 Å². The van der Waals surface area contributed by atoms with Crippen LogP contribution in [-0.4, -0.2) is 6.04 Å². The lowest BCUT2D eigenvalue weighted by molar-refractivity contribution is 0.131. The third-order valence-electron chi connectivity index (χ3n) is 4.05. The molecule has 0 aromatic heterocycles. The third-order valence-corrected chi connectivity index (χ3v) is 4.05. The van der Waals surface area contributed by atoms with Crippen LogP contribution in [0.4, 0.5) is 4.39 Å². The highest BCUT2D eigenvalue weighted by molar-refractivity contribution is 5.41. The quantitative estimate of drug-likeness (QED) is 0.667. The molecule has 0 spiro atoms. The molecule has 0 heterocycles. The smallest absolute Gasteiger partial charge is 0.123 e. The van der Waals surface area contributed by atoms with Gasteiger partial charge in [-0.3, -0.25) is 0 Å². The van der Waals surface area contributed by atoms with E-state index in [1.54, 1.807) is 12.1 Å². The average Bonchev–Trinajstić information content (AvgIpc) is 2.52. The number of hydrogen-bond acceptors (Lipinski definition) is 1. The van der Waals surface area contributed by atoms with E-state index in [1.165, 1.54) is 11.1 Å². The first-order valence-electron chi connectivity index (χ1n) is 5.22. The number of benzene rings is 1. The van der Waals surface area contributed by atoms with Gasteiger partial charge in [0.1, 0.15) is 5.82 Å². The summed E-state index contributed by atoms with van der Waals surface area (Å²) in [5, 5.41) is 0. The lowest BCUT2D eigenvalue weighted by Gasteiger charge is -2.45. The Kier molecular flexibility index (Phi) is 1.55. The van der Waals surface area contributed by atoms with Crippen LogP contribution in [0.25, 0.3) is 0 Å². The minimum absolute atomic E-state index is 0.119. The van der Waals surface area contributed by atoms with Crippen molar-refractivity contribution >= 4 is 0 Å². The molecule has 2 N–H and O–H groups in total. The van der Waals surface area contributed by atoms with Gasteiger partial charge in [-0.2, -0.15) is 0 Å². The molecule has 0 aliphatic heterocycles. The first kappa shape index (κ1) is 8.42. The highest BCUT2D eigenvalue weighted by atomic mass is 19.1. The summed E-state index contributed by atoms with van der Waals surface area (Å²) in [7, 11) is 0. The van der Waals surface area contributed by atoms with Crippen LogP contribution in [0.3, 0.4) is 0 Å². The van der Waals surface area contributed by atoms with Crippen molar-refractivity contribution < 1.29 is 4.39 Å². The van der Waals surface area contributed by atoms with Gasteiger partial charge in [-0.25, -0.2) is 4.39 Å². The van der Waals surface area contributed by atoms with E-state index in [4.69, 9.17) is 5.73 Å². The lowest BCUT2D eigenvalue weighted by Crippen LogP contribution is -2.51. The van der Waals surface area contributed by atoms with Crippen molar-refractivity contribution in [3.05, 3.63) is 35.1 Å². The zero-order valence-electron chi connectivity index (χ0n) is 8.20. The Labute approximate surface area is 83.1 Å². The van der Waals surface area contributed by atoms with Gasteiger partial charge in [0, 0.05) is 6.04 Å². The van der Waals surface area contributed by atoms with Crippen LogP contribution < -0.4 is 5.73 Å². The summed E-state index contributed by atoms with van der Waals surface area (Å²) >= 11 is 0. The molecule has 1 aromatic rings. The van der Waals surface area contributed by atoms with Crippen LogP contribution in [0.1, 0.15) is 24.0 Å². The Hall–Kier alpha value is -0.890. The van der Waals surface area contributed by atoms with E-state index in [2.05, 4.69) is 6.92 Å². The molecule has 14 heavy (non-hydrogen) atoms. The fourth-order valence-corrected chi connectivity index (χ4v) is 3.22. The van der Waals surface area contributed by atoms with Crippen molar-refractivity contribution in [3.8, 4) is 0 Å². The minimum Gasteiger partial charge on any atom is -0.327 e. The van der Waals surface area contributed by atoms with Crippen molar-refractivity contribution in [2.75, 3.05) is 0 Å². The molecule has 74 valence electrons. The van der Waals surface area contributed by atoms with E-state index in [1.807, 2.05) is 6.07 Å². The maximum atomic E-state index is 13.0. The Morgan fingerprint density at radius 2 is 2.21 bits per heavy atom. The normalized spacial score (nSPS) is 38.8. The van der Waals surface area contributed by atoms with Crippen LogP contribution >= 0.6 is 0 Å². The minimum atomic E-state index is -0.119. The third kappa shape index (κ3) is 0.871. The second-order valence-corrected chi connectivity index (χ2v) is 4.67. The summed E-state index contributed by atoms with van der Waals surface area (Å²) in [4.78, 5) is 0. The first-order valence-corrected chi connectivity index (χ1v) is 5.22. The van der Waals surface area contributed by atoms with E-state index in [0.29, 0.717) is 23.8 Å². The molecule has 2 aliphatic rings. The molecule has 4 unspecified atom stereocenters. The van der Waals surface area contributed by atoms with Crippen molar-refractivity contribution in [1.82, 2.24) is 0 Å². The molecular weight excluding hydrogens is 177 g/mol. The van der Waals surface area contributed by atoms with Gasteiger partial charge in [-0.15, -0.1) is 0 Å². The van der Waals surface area contributed by atoms with E-state index in [-0.39, 0.29) is 5.82 Å². The van der Waals surface area contributed by atoms with Crippen molar-refractivity contribution in [2.45, 2.75) is 25.3 Å². The number of hydrogen-bond donors (Lipinski definition) is 1. The molecule has 4 atom stereocenters. The molecule has 1 nitrogen and oxygen atoms in total. The van der Waals surface area contributed by atoms with Gasteiger partial charge in [0.25, 0.3) is 0 Å². The maximum Gasteiger partial charge on any atom is 0.123 e. The Balaban J connectivity index is 2.04. The van der Waals surface area contributed by atoms with Gasteiger partial charge in [0.2, 0.25) is 0 Å².